The molecule has 1 aliphatic heterocycles. The van der Waals surface area contributed by atoms with Gasteiger partial charge in [-0.25, -0.2) is 4.98 Å². The largest absolute Gasteiger partial charge is 0.379 e. The monoisotopic (exact) mass is 424 g/mol. The van der Waals surface area contributed by atoms with E-state index in [0.717, 1.165) is 48.6 Å². The van der Waals surface area contributed by atoms with Crippen molar-refractivity contribution in [2.24, 2.45) is 0 Å². The van der Waals surface area contributed by atoms with Gasteiger partial charge in [-0.15, -0.1) is 0 Å². The Bertz CT molecular complexity index is 1040. The normalized spacial score (nSPS) is 14.6. The molecule has 2 N–H and O–H groups in total. The third-order valence-corrected chi connectivity index (χ3v) is 5.78. The smallest absolute Gasteiger partial charge is 0.230 e. The highest BCUT2D eigenvalue weighted by atomic mass is 32.1. The minimum atomic E-state index is -0.121. The number of morpholine rings is 1. The third-order valence-electron chi connectivity index (χ3n) is 4.85. The molecule has 0 radical (unpaired) electrons. The number of anilines is 2. The lowest BCUT2D eigenvalue weighted by Crippen LogP contribution is -2.35. The fraction of sp³-hybridized carbons (Fsp3) is 0.318. The zero-order valence-electron chi connectivity index (χ0n) is 16.8. The molecule has 3 aromatic rings. The molecule has 1 aromatic heterocycles. The number of aromatic nitrogens is 1. The van der Waals surface area contributed by atoms with E-state index in [0.29, 0.717) is 10.8 Å². The highest BCUT2D eigenvalue weighted by molar-refractivity contribution is 7.22. The molecular weight excluding hydrogens is 400 g/mol. The molecule has 0 aliphatic carbocycles. The maximum atomic E-state index is 12.4. The van der Waals surface area contributed by atoms with Crippen molar-refractivity contribution in [1.82, 2.24) is 9.88 Å². The van der Waals surface area contributed by atoms with Crippen LogP contribution in [0.25, 0.3) is 10.2 Å². The Morgan fingerprint density at radius 2 is 1.80 bits per heavy atom. The fourth-order valence-corrected chi connectivity index (χ4v) is 4.34. The molecule has 156 valence electrons. The van der Waals surface area contributed by atoms with Gasteiger partial charge in [-0.3, -0.25) is 14.5 Å². The number of nitrogens with one attached hydrogen (secondary N) is 2. The first kappa shape index (κ1) is 20.5. The maximum absolute atomic E-state index is 12.4. The molecule has 1 fully saturated rings. The molecule has 2 amide bonds. The third kappa shape index (κ3) is 5.41. The summed E-state index contributed by atoms with van der Waals surface area (Å²) in [6, 6.07) is 13.5. The predicted molar refractivity (Wildman–Crippen MR) is 119 cm³/mol. The first-order chi connectivity index (χ1) is 14.5. The molecule has 0 unspecified atom stereocenters. The van der Waals surface area contributed by atoms with Crippen LogP contribution in [0.15, 0.2) is 42.5 Å². The van der Waals surface area contributed by atoms with E-state index in [-0.39, 0.29) is 18.2 Å². The minimum Gasteiger partial charge on any atom is -0.379 e. The topological polar surface area (TPSA) is 83.6 Å². The Labute approximate surface area is 179 Å². The Kier molecular flexibility index (Phi) is 6.37. The molecule has 0 bridgehead atoms. The van der Waals surface area contributed by atoms with Crippen molar-refractivity contribution in [2.75, 3.05) is 36.9 Å². The number of ether oxygens (including phenoxy) is 1. The molecule has 0 atom stereocenters. The maximum Gasteiger partial charge on any atom is 0.230 e. The number of carbonyl (C=O) groups excluding carboxylic acids is 2. The van der Waals surface area contributed by atoms with Crippen LogP contribution >= 0.6 is 11.3 Å². The lowest BCUT2D eigenvalue weighted by molar-refractivity contribution is -0.116. The van der Waals surface area contributed by atoms with Crippen molar-refractivity contribution in [2.45, 2.75) is 19.9 Å². The van der Waals surface area contributed by atoms with Crippen LogP contribution in [0.3, 0.4) is 0 Å². The first-order valence-corrected chi connectivity index (χ1v) is 10.7. The number of benzene rings is 2. The first-order valence-electron chi connectivity index (χ1n) is 9.91. The van der Waals surface area contributed by atoms with Gasteiger partial charge in [0.2, 0.25) is 11.8 Å². The number of amides is 2. The Hall–Kier alpha value is -2.81. The van der Waals surface area contributed by atoms with Gasteiger partial charge in [0.05, 0.1) is 29.9 Å². The van der Waals surface area contributed by atoms with Crippen LogP contribution in [0.5, 0.6) is 0 Å². The SMILES string of the molecule is CC(=O)Nc1ccc(CC(=O)Nc2nc3ccc(CN4CCOCC4)cc3s2)cc1. The van der Waals surface area contributed by atoms with Gasteiger partial charge in [-0.05, 0) is 35.4 Å². The van der Waals surface area contributed by atoms with Gasteiger partial charge in [0.1, 0.15) is 0 Å². The van der Waals surface area contributed by atoms with Crippen LogP contribution in [0.2, 0.25) is 0 Å². The fourth-order valence-electron chi connectivity index (χ4n) is 3.40. The highest BCUT2D eigenvalue weighted by Crippen LogP contribution is 2.27. The van der Waals surface area contributed by atoms with Crippen molar-refractivity contribution in [3.05, 3.63) is 53.6 Å². The Balaban J connectivity index is 1.37. The summed E-state index contributed by atoms with van der Waals surface area (Å²) in [5, 5.41) is 6.22. The number of nitrogens with zero attached hydrogens (tertiary/aromatic N) is 2. The highest BCUT2D eigenvalue weighted by Gasteiger charge is 2.13. The molecule has 0 saturated carbocycles. The molecule has 7 nitrogen and oxygen atoms in total. The van der Waals surface area contributed by atoms with E-state index in [1.54, 1.807) is 12.1 Å². The molecule has 4 rings (SSSR count). The van der Waals surface area contributed by atoms with E-state index < -0.39 is 0 Å². The van der Waals surface area contributed by atoms with Gasteiger partial charge in [0.15, 0.2) is 5.13 Å². The van der Waals surface area contributed by atoms with E-state index in [2.05, 4.69) is 32.7 Å². The van der Waals surface area contributed by atoms with Crippen molar-refractivity contribution < 1.29 is 14.3 Å². The van der Waals surface area contributed by atoms with Gasteiger partial charge in [0, 0.05) is 32.2 Å². The summed E-state index contributed by atoms with van der Waals surface area (Å²) in [7, 11) is 0. The number of hydrogen-bond donors (Lipinski definition) is 2. The zero-order chi connectivity index (χ0) is 20.9. The van der Waals surface area contributed by atoms with Crippen molar-refractivity contribution in [3.8, 4) is 0 Å². The van der Waals surface area contributed by atoms with E-state index in [1.165, 1.54) is 23.8 Å². The summed E-state index contributed by atoms with van der Waals surface area (Å²) in [6.45, 7) is 5.84. The quantitative estimate of drug-likeness (QED) is 0.635. The number of fused-ring (bicyclic) bond motifs is 1. The van der Waals surface area contributed by atoms with E-state index >= 15 is 0 Å². The molecule has 2 heterocycles. The second kappa shape index (κ2) is 9.34. The second-order valence-electron chi connectivity index (χ2n) is 7.31. The average molecular weight is 425 g/mol. The molecule has 0 spiro atoms. The second-order valence-corrected chi connectivity index (χ2v) is 8.34. The van der Waals surface area contributed by atoms with Crippen LogP contribution in [0.4, 0.5) is 10.8 Å². The van der Waals surface area contributed by atoms with Gasteiger partial charge in [-0.1, -0.05) is 29.5 Å². The number of carbonyl (C=O) groups is 2. The van der Waals surface area contributed by atoms with Crippen LogP contribution in [0, 0.1) is 0 Å². The van der Waals surface area contributed by atoms with Crippen molar-refractivity contribution >= 4 is 44.2 Å². The minimum absolute atomic E-state index is 0.116. The van der Waals surface area contributed by atoms with Crippen LogP contribution in [-0.4, -0.2) is 48.0 Å². The molecular formula is C22H24N4O3S. The predicted octanol–water partition coefficient (Wildman–Crippen LogP) is 3.27. The Morgan fingerprint density at radius 1 is 1.07 bits per heavy atom. The van der Waals surface area contributed by atoms with Gasteiger partial charge in [0.25, 0.3) is 0 Å². The lowest BCUT2D eigenvalue weighted by atomic mass is 10.1. The average Bonchev–Trinajstić information content (AvgIpc) is 3.11. The van der Waals surface area contributed by atoms with E-state index in [1.807, 2.05) is 18.2 Å². The summed E-state index contributed by atoms with van der Waals surface area (Å²) < 4.78 is 6.47. The van der Waals surface area contributed by atoms with E-state index in [4.69, 9.17) is 4.74 Å². The van der Waals surface area contributed by atoms with E-state index in [9.17, 15) is 9.59 Å². The molecule has 1 saturated heterocycles. The van der Waals surface area contributed by atoms with Gasteiger partial charge < -0.3 is 15.4 Å². The summed E-state index contributed by atoms with van der Waals surface area (Å²) in [4.78, 5) is 30.4. The summed E-state index contributed by atoms with van der Waals surface area (Å²) in [6.07, 6.45) is 0.249. The van der Waals surface area contributed by atoms with Crippen LogP contribution in [-0.2, 0) is 27.3 Å². The number of thiazole rings is 1. The molecule has 2 aromatic carbocycles. The van der Waals surface area contributed by atoms with Crippen molar-refractivity contribution in [1.29, 1.82) is 0 Å². The van der Waals surface area contributed by atoms with Gasteiger partial charge in [-0.2, -0.15) is 0 Å². The molecule has 30 heavy (non-hydrogen) atoms. The Morgan fingerprint density at radius 3 is 2.53 bits per heavy atom. The lowest BCUT2D eigenvalue weighted by Gasteiger charge is -2.26. The zero-order valence-corrected chi connectivity index (χ0v) is 17.6. The molecule has 8 heteroatoms. The van der Waals surface area contributed by atoms with Gasteiger partial charge >= 0.3 is 0 Å². The van der Waals surface area contributed by atoms with Crippen LogP contribution < -0.4 is 10.6 Å². The number of rotatable bonds is 6. The summed E-state index contributed by atoms with van der Waals surface area (Å²) in [5.41, 5.74) is 3.71. The molecule has 1 aliphatic rings. The summed E-state index contributed by atoms with van der Waals surface area (Å²) in [5.74, 6) is -0.237. The van der Waals surface area contributed by atoms with Crippen LogP contribution in [0.1, 0.15) is 18.1 Å². The number of hydrogen-bond acceptors (Lipinski definition) is 6. The standard InChI is InChI=1S/C22H24N4O3S/c1-15(27)23-18-5-2-16(3-6-18)13-21(28)25-22-24-19-7-4-17(12-20(19)30-22)14-26-8-10-29-11-9-26/h2-7,12H,8-11,13-14H2,1H3,(H,23,27)(H,24,25,28). The summed E-state index contributed by atoms with van der Waals surface area (Å²) >= 11 is 1.49. The van der Waals surface area contributed by atoms with Crippen molar-refractivity contribution in [3.63, 3.8) is 0 Å².